The van der Waals surface area contributed by atoms with Crippen molar-refractivity contribution < 1.29 is 70.0 Å². The van der Waals surface area contributed by atoms with Gasteiger partial charge in [-0.15, -0.1) is 0 Å². The number of piperidine rings is 1. The second-order valence-electron chi connectivity index (χ2n) is 18.1. The van der Waals surface area contributed by atoms with Crippen molar-refractivity contribution in [2.45, 2.75) is 56.9 Å². The van der Waals surface area contributed by atoms with Crippen molar-refractivity contribution in [3.8, 4) is 28.0 Å². The van der Waals surface area contributed by atoms with Crippen LogP contribution in [0.3, 0.4) is 0 Å². The lowest BCUT2D eigenvalue weighted by atomic mass is 9.93. The van der Waals surface area contributed by atoms with Gasteiger partial charge in [-0.05, 0) is 85.5 Å². The van der Waals surface area contributed by atoms with Crippen LogP contribution < -0.4 is 31.1 Å². The third-order valence-corrected chi connectivity index (χ3v) is 14.1. The number of rotatable bonds is 29. The van der Waals surface area contributed by atoms with E-state index in [-0.39, 0.29) is 123 Å². The number of nitrogens with two attached hydrogens (primary N) is 1. The highest BCUT2D eigenvalue weighted by Gasteiger charge is 2.46. The van der Waals surface area contributed by atoms with Gasteiger partial charge in [0, 0.05) is 59.9 Å². The number of carbonyl (C=O) groups excluding carboxylic acids is 6. The maximum Gasteiger partial charge on any atom is 0.266 e. The predicted octanol–water partition coefficient (Wildman–Crippen LogP) is 3.50. The van der Waals surface area contributed by atoms with Crippen molar-refractivity contribution in [2.75, 3.05) is 102 Å². The van der Waals surface area contributed by atoms with E-state index in [1.54, 1.807) is 36.4 Å². The molecular formula is C52H60FN7O14S. The third kappa shape index (κ3) is 14.1. The van der Waals surface area contributed by atoms with E-state index in [9.17, 15) is 37.2 Å². The van der Waals surface area contributed by atoms with Crippen LogP contribution in [0.15, 0.2) is 60.8 Å². The van der Waals surface area contributed by atoms with Crippen LogP contribution in [0, 0.1) is 5.82 Å². The second-order valence-corrected chi connectivity index (χ2v) is 19.9. The van der Waals surface area contributed by atoms with Crippen molar-refractivity contribution in [1.82, 2.24) is 25.8 Å². The standard InChI is InChI=1S/C52H60FN7O14S/c53-47-36(35-30-39(48(54)57-31-35)33-7-8-37-34(29-33)13-16-56-49(37)63)9-10-40(45(47)32-5-6-32)59-75(67,68)28-2-15-55-43(61)14-17-69-18-19-70-20-21-71-22-23-72-24-25-73-26-27-74-42-4-1-3-38-46(42)52(66)60(51(38)65)41-11-12-44(62)58-50(41)64/h1,3-4,7-10,29-32,41,59H,2,5-6,11-28H2,(H2,54,57)(H,55,61)(H,56,63)(H,58,62,64). The van der Waals surface area contributed by atoms with Crippen LogP contribution in [0.1, 0.15) is 86.6 Å². The van der Waals surface area contributed by atoms with Crippen LogP contribution in [-0.4, -0.2) is 151 Å². The van der Waals surface area contributed by atoms with Crippen LogP contribution in [0.4, 0.5) is 15.9 Å². The molecule has 6 amide bonds. The van der Waals surface area contributed by atoms with Crippen LogP contribution in [0.25, 0.3) is 22.3 Å². The Labute approximate surface area is 432 Å². The summed E-state index contributed by atoms with van der Waals surface area (Å²) in [6, 6.07) is 13.9. The average molecular weight is 1060 g/mol. The summed E-state index contributed by atoms with van der Waals surface area (Å²) >= 11 is 0. The fourth-order valence-corrected chi connectivity index (χ4v) is 10.0. The molecule has 3 aromatic carbocycles. The number of ether oxygens (including phenoxy) is 6. The van der Waals surface area contributed by atoms with Gasteiger partial charge < -0.3 is 44.8 Å². The number of pyridine rings is 1. The maximum atomic E-state index is 16.4. The first-order valence-corrected chi connectivity index (χ1v) is 26.6. The van der Waals surface area contributed by atoms with Crippen LogP contribution in [0.5, 0.6) is 5.75 Å². The van der Waals surface area contributed by atoms with Gasteiger partial charge in [-0.1, -0.05) is 18.2 Å². The molecule has 75 heavy (non-hydrogen) atoms. The molecule has 4 heterocycles. The Bertz CT molecular complexity index is 2900. The topological polar surface area (TPSA) is 282 Å². The van der Waals surface area contributed by atoms with Gasteiger partial charge in [0.2, 0.25) is 27.7 Å². The summed E-state index contributed by atoms with van der Waals surface area (Å²) in [5.41, 5.74) is 10.5. The molecule has 23 heteroatoms. The maximum absolute atomic E-state index is 16.4. The Morgan fingerprint density at radius 1 is 0.760 bits per heavy atom. The molecule has 6 N–H and O–H groups in total. The highest BCUT2D eigenvalue weighted by atomic mass is 32.2. The number of halogens is 1. The van der Waals surface area contributed by atoms with E-state index < -0.39 is 45.5 Å². The van der Waals surface area contributed by atoms with Gasteiger partial charge in [0.1, 0.15) is 30.0 Å². The Hall–Kier alpha value is -6.89. The first-order chi connectivity index (χ1) is 36.3. The fourth-order valence-electron chi connectivity index (χ4n) is 8.88. The number of fused-ring (bicyclic) bond motifs is 2. The molecule has 1 unspecified atom stereocenters. The fraction of sp³-hybridized carbons (Fsp3) is 0.442. The molecule has 4 aromatic rings. The quantitative estimate of drug-likeness (QED) is 0.0384. The highest BCUT2D eigenvalue weighted by Crippen LogP contribution is 2.47. The minimum Gasteiger partial charge on any atom is -0.490 e. The number of carbonyl (C=O) groups is 6. The summed E-state index contributed by atoms with van der Waals surface area (Å²) in [6.45, 7) is 3.57. The first-order valence-electron chi connectivity index (χ1n) is 24.9. The zero-order chi connectivity index (χ0) is 52.9. The molecule has 1 atom stereocenters. The lowest BCUT2D eigenvalue weighted by molar-refractivity contribution is -0.136. The lowest BCUT2D eigenvalue weighted by Gasteiger charge is -2.27. The molecule has 3 aliphatic heterocycles. The average Bonchev–Trinajstić information content (AvgIpc) is 4.19. The molecule has 2 fully saturated rings. The van der Waals surface area contributed by atoms with E-state index in [2.05, 4.69) is 25.7 Å². The minimum atomic E-state index is -3.89. The normalized spacial score (nSPS) is 16.4. The number of nitrogen functional groups attached to an aromatic ring is 1. The number of imide groups is 2. The summed E-state index contributed by atoms with van der Waals surface area (Å²) in [6.07, 6.45) is 3.90. The molecule has 1 aromatic heterocycles. The highest BCUT2D eigenvalue weighted by molar-refractivity contribution is 7.92. The molecule has 0 radical (unpaired) electrons. The van der Waals surface area contributed by atoms with E-state index in [0.717, 1.165) is 28.9 Å². The van der Waals surface area contributed by atoms with Gasteiger partial charge in [0.15, 0.2) is 0 Å². The van der Waals surface area contributed by atoms with Crippen LogP contribution in [0.2, 0.25) is 0 Å². The van der Waals surface area contributed by atoms with E-state index >= 15 is 4.39 Å². The van der Waals surface area contributed by atoms with Crippen molar-refractivity contribution in [1.29, 1.82) is 0 Å². The number of aromatic nitrogens is 1. The third-order valence-electron chi connectivity index (χ3n) is 12.8. The Balaban J connectivity index is 0.631. The summed E-state index contributed by atoms with van der Waals surface area (Å²) in [5, 5.41) is 7.71. The lowest BCUT2D eigenvalue weighted by Crippen LogP contribution is -2.54. The zero-order valence-electron chi connectivity index (χ0n) is 41.3. The van der Waals surface area contributed by atoms with Crippen molar-refractivity contribution in [3.63, 3.8) is 0 Å². The van der Waals surface area contributed by atoms with Gasteiger partial charge in [0.25, 0.3) is 17.7 Å². The summed E-state index contributed by atoms with van der Waals surface area (Å²) in [7, 11) is -3.89. The monoisotopic (exact) mass is 1060 g/mol. The summed E-state index contributed by atoms with van der Waals surface area (Å²) in [5.74, 6) is -3.33. The molecule has 0 spiro atoms. The Kier molecular flexibility index (Phi) is 18.5. The molecular weight excluding hydrogens is 998 g/mol. The number of hydrogen-bond acceptors (Lipinski definition) is 16. The largest absolute Gasteiger partial charge is 0.490 e. The van der Waals surface area contributed by atoms with Gasteiger partial charge >= 0.3 is 0 Å². The number of sulfonamides is 1. The number of benzene rings is 3. The van der Waals surface area contributed by atoms with Gasteiger partial charge in [-0.2, -0.15) is 0 Å². The molecule has 21 nitrogen and oxygen atoms in total. The second kappa shape index (κ2) is 25.6. The van der Waals surface area contributed by atoms with Gasteiger partial charge in [0.05, 0.1) is 88.6 Å². The molecule has 1 aliphatic carbocycles. The molecule has 400 valence electrons. The summed E-state index contributed by atoms with van der Waals surface area (Å²) < 4.78 is 78.5. The zero-order valence-corrected chi connectivity index (χ0v) is 42.1. The van der Waals surface area contributed by atoms with E-state index in [0.29, 0.717) is 74.9 Å². The summed E-state index contributed by atoms with van der Waals surface area (Å²) in [4.78, 5) is 79.9. The number of nitrogens with zero attached hydrogens (tertiary/aromatic N) is 2. The van der Waals surface area contributed by atoms with Crippen LogP contribution in [-0.2, 0) is 54.5 Å². The van der Waals surface area contributed by atoms with E-state index in [1.807, 2.05) is 6.07 Å². The molecule has 1 saturated carbocycles. The van der Waals surface area contributed by atoms with Gasteiger partial charge in [-0.25, -0.2) is 17.8 Å². The van der Waals surface area contributed by atoms with E-state index in [1.165, 1.54) is 18.3 Å². The first kappa shape index (κ1) is 54.4. The SMILES string of the molecule is Nc1ncc(-c2ccc(NS(=O)(=O)CCCNC(=O)CCOCCOCCOCCOCCOCCOc3cccc4c3C(=O)N(C3CCC(=O)NC3=O)C4=O)c(C3CC3)c2F)cc1-c1ccc2c(c1)CCNC2=O. The number of amides is 6. The van der Waals surface area contributed by atoms with Gasteiger partial charge in [-0.3, -0.25) is 43.7 Å². The molecule has 1 saturated heterocycles. The number of hydrogen-bond donors (Lipinski definition) is 5. The van der Waals surface area contributed by atoms with Crippen molar-refractivity contribution in [3.05, 3.63) is 94.4 Å². The Morgan fingerprint density at radius 3 is 2.13 bits per heavy atom. The predicted molar refractivity (Wildman–Crippen MR) is 270 cm³/mol. The van der Waals surface area contributed by atoms with Crippen molar-refractivity contribution in [2.24, 2.45) is 0 Å². The number of anilines is 2. The van der Waals surface area contributed by atoms with Crippen molar-refractivity contribution >= 4 is 57.0 Å². The van der Waals surface area contributed by atoms with Crippen LogP contribution >= 0.6 is 0 Å². The Morgan fingerprint density at radius 2 is 1.44 bits per heavy atom. The molecule has 0 bridgehead atoms. The molecule has 8 rings (SSSR count). The smallest absolute Gasteiger partial charge is 0.266 e. The minimum absolute atomic E-state index is 0.0274. The number of nitrogens with one attached hydrogen (secondary N) is 4. The van der Waals surface area contributed by atoms with E-state index in [4.69, 9.17) is 34.2 Å². The molecule has 4 aliphatic rings.